The largest absolute Gasteiger partial charge is 0.488 e. The van der Waals surface area contributed by atoms with Crippen molar-refractivity contribution in [2.75, 3.05) is 13.2 Å². The SMILES string of the molecule is C=C(C)CNC(=O)C1=Cc2cc(Cl)ccc2OC1. The molecule has 4 heteroatoms. The number of carbonyl (C=O) groups excluding carboxylic acids is 1. The first-order valence-electron chi connectivity index (χ1n) is 5.62. The molecule has 0 saturated carbocycles. The number of benzene rings is 1. The van der Waals surface area contributed by atoms with E-state index < -0.39 is 0 Å². The molecule has 0 fully saturated rings. The fourth-order valence-corrected chi connectivity index (χ4v) is 1.80. The van der Waals surface area contributed by atoms with E-state index in [-0.39, 0.29) is 12.5 Å². The molecule has 0 atom stereocenters. The lowest BCUT2D eigenvalue weighted by atomic mass is 10.1. The van der Waals surface area contributed by atoms with E-state index in [1.807, 2.05) is 6.92 Å². The molecule has 18 heavy (non-hydrogen) atoms. The molecule has 0 spiro atoms. The second-order valence-corrected chi connectivity index (χ2v) is 4.72. The van der Waals surface area contributed by atoms with Crippen molar-refractivity contribution in [2.45, 2.75) is 6.92 Å². The zero-order chi connectivity index (χ0) is 13.1. The van der Waals surface area contributed by atoms with Gasteiger partial charge in [0.2, 0.25) is 0 Å². The third kappa shape index (κ3) is 2.93. The van der Waals surface area contributed by atoms with Crippen molar-refractivity contribution in [3.05, 3.63) is 46.5 Å². The average molecular weight is 264 g/mol. The summed E-state index contributed by atoms with van der Waals surface area (Å²) in [4.78, 5) is 11.9. The molecule has 0 aliphatic carbocycles. The van der Waals surface area contributed by atoms with Gasteiger partial charge in [-0.1, -0.05) is 23.8 Å². The number of amides is 1. The van der Waals surface area contributed by atoms with Crippen molar-refractivity contribution < 1.29 is 9.53 Å². The fraction of sp³-hybridized carbons (Fsp3) is 0.214. The number of hydrogen-bond donors (Lipinski definition) is 1. The van der Waals surface area contributed by atoms with Crippen LogP contribution in [0.25, 0.3) is 6.08 Å². The van der Waals surface area contributed by atoms with Crippen LogP contribution in [-0.4, -0.2) is 19.1 Å². The monoisotopic (exact) mass is 263 g/mol. The lowest BCUT2D eigenvalue weighted by molar-refractivity contribution is -0.117. The van der Waals surface area contributed by atoms with Crippen molar-refractivity contribution in [2.24, 2.45) is 0 Å². The summed E-state index contributed by atoms with van der Waals surface area (Å²) < 4.78 is 5.51. The predicted molar refractivity (Wildman–Crippen MR) is 72.7 cm³/mol. The summed E-state index contributed by atoms with van der Waals surface area (Å²) in [6.07, 6.45) is 1.80. The molecule has 94 valence electrons. The van der Waals surface area contributed by atoms with Crippen molar-refractivity contribution in [1.29, 1.82) is 0 Å². The van der Waals surface area contributed by atoms with E-state index >= 15 is 0 Å². The maximum atomic E-state index is 11.9. The molecule has 1 aliphatic heterocycles. The van der Waals surface area contributed by atoms with Gasteiger partial charge in [-0.3, -0.25) is 4.79 Å². The van der Waals surface area contributed by atoms with Crippen molar-refractivity contribution in [1.82, 2.24) is 5.32 Å². The molecule has 1 aliphatic rings. The number of ether oxygens (including phenoxy) is 1. The number of halogens is 1. The van der Waals surface area contributed by atoms with E-state index in [4.69, 9.17) is 16.3 Å². The molecule has 1 aromatic rings. The second kappa shape index (κ2) is 5.27. The van der Waals surface area contributed by atoms with Crippen molar-refractivity contribution >= 4 is 23.6 Å². The summed E-state index contributed by atoms with van der Waals surface area (Å²) in [5, 5.41) is 3.40. The Morgan fingerprint density at radius 2 is 2.33 bits per heavy atom. The molecule has 1 N–H and O–H groups in total. The Kier molecular flexibility index (Phi) is 3.72. The van der Waals surface area contributed by atoms with Crippen LogP contribution in [0.5, 0.6) is 5.75 Å². The lowest BCUT2D eigenvalue weighted by Gasteiger charge is -2.17. The Balaban J connectivity index is 2.16. The minimum absolute atomic E-state index is 0.136. The van der Waals surface area contributed by atoms with Gasteiger partial charge < -0.3 is 10.1 Å². The van der Waals surface area contributed by atoms with Crippen molar-refractivity contribution in [3.8, 4) is 5.75 Å². The van der Waals surface area contributed by atoms with Crippen LogP contribution >= 0.6 is 11.6 Å². The third-order valence-electron chi connectivity index (χ3n) is 2.53. The quantitative estimate of drug-likeness (QED) is 0.852. The van der Waals surface area contributed by atoms with Gasteiger partial charge >= 0.3 is 0 Å². The second-order valence-electron chi connectivity index (χ2n) is 4.28. The summed E-state index contributed by atoms with van der Waals surface area (Å²) in [6, 6.07) is 5.35. The number of carbonyl (C=O) groups is 1. The molecule has 2 rings (SSSR count). The topological polar surface area (TPSA) is 38.3 Å². The Morgan fingerprint density at radius 1 is 1.56 bits per heavy atom. The summed E-state index contributed by atoms with van der Waals surface area (Å²) >= 11 is 5.91. The van der Waals surface area contributed by atoms with Gasteiger partial charge in [0.15, 0.2) is 0 Å². The highest BCUT2D eigenvalue weighted by Crippen LogP contribution is 2.28. The zero-order valence-corrected chi connectivity index (χ0v) is 10.9. The van der Waals surface area contributed by atoms with Crippen LogP contribution in [0.3, 0.4) is 0 Å². The minimum atomic E-state index is -0.136. The molecular weight excluding hydrogens is 250 g/mol. The van der Waals surface area contributed by atoms with E-state index in [9.17, 15) is 4.79 Å². The first-order chi connectivity index (χ1) is 8.56. The molecule has 1 amide bonds. The molecule has 0 bridgehead atoms. The molecular formula is C14H14ClNO2. The van der Waals surface area contributed by atoms with Crippen molar-refractivity contribution in [3.63, 3.8) is 0 Å². The number of fused-ring (bicyclic) bond motifs is 1. The predicted octanol–water partition coefficient (Wildman–Crippen LogP) is 2.81. The number of rotatable bonds is 3. The molecule has 1 aromatic carbocycles. The molecule has 0 radical (unpaired) electrons. The Morgan fingerprint density at radius 3 is 3.06 bits per heavy atom. The maximum absolute atomic E-state index is 11.9. The first-order valence-corrected chi connectivity index (χ1v) is 5.99. The third-order valence-corrected chi connectivity index (χ3v) is 2.76. The van der Waals surface area contributed by atoms with Gasteiger partial charge in [0, 0.05) is 17.1 Å². The van der Waals surface area contributed by atoms with Crippen LogP contribution in [0.15, 0.2) is 35.9 Å². The first kappa shape index (κ1) is 12.7. The van der Waals surface area contributed by atoms with Crippen LogP contribution in [0.4, 0.5) is 0 Å². The highest BCUT2D eigenvalue weighted by atomic mass is 35.5. The maximum Gasteiger partial charge on any atom is 0.250 e. The smallest absolute Gasteiger partial charge is 0.250 e. The normalized spacial score (nSPS) is 13.1. The standard InChI is InChI=1S/C14H14ClNO2/c1-9(2)7-16-14(17)11-5-10-6-12(15)3-4-13(10)18-8-11/h3-6H,1,7-8H2,2H3,(H,16,17). The van der Waals surface area contributed by atoms with E-state index in [0.29, 0.717) is 17.1 Å². The summed E-state index contributed by atoms with van der Waals surface area (Å²) in [7, 11) is 0. The average Bonchev–Trinajstić information content (AvgIpc) is 2.34. The van der Waals surface area contributed by atoms with Gasteiger partial charge in [-0.2, -0.15) is 0 Å². The number of hydrogen-bond acceptors (Lipinski definition) is 2. The van der Waals surface area contributed by atoms with Gasteiger partial charge in [0.25, 0.3) is 5.91 Å². The van der Waals surface area contributed by atoms with Gasteiger partial charge in [0.1, 0.15) is 12.4 Å². The van der Waals surface area contributed by atoms with E-state index in [2.05, 4.69) is 11.9 Å². The van der Waals surface area contributed by atoms with Crippen LogP contribution in [0, 0.1) is 0 Å². The Bertz CT molecular complexity index is 535. The molecule has 3 nitrogen and oxygen atoms in total. The van der Waals surface area contributed by atoms with Gasteiger partial charge in [0.05, 0.1) is 5.57 Å². The van der Waals surface area contributed by atoms with Gasteiger partial charge in [-0.25, -0.2) is 0 Å². The van der Waals surface area contributed by atoms with E-state index in [0.717, 1.165) is 16.9 Å². The Labute approximate surface area is 111 Å². The van der Waals surface area contributed by atoms with Crippen LogP contribution in [-0.2, 0) is 4.79 Å². The van der Waals surface area contributed by atoms with Crippen LogP contribution in [0.2, 0.25) is 5.02 Å². The molecule has 0 saturated heterocycles. The van der Waals surface area contributed by atoms with Crippen LogP contribution < -0.4 is 10.1 Å². The van der Waals surface area contributed by atoms with E-state index in [1.165, 1.54) is 0 Å². The minimum Gasteiger partial charge on any atom is -0.488 e. The van der Waals surface area contributed by atoms with E-state index in [1.54, 1.807) is 24.3 Å². The zero-order valence-electron chi connectivity index (χ0n) is 10.1. The molecule has 0 aromatic heterocycles. The molecule has 0 unspecified atom stereocenters. The highest BCUT2D eigenvalue weighted by Gasteiger charge is 2.16. The summed E-state index contributed by atoms with van der Waals surface area (Å²) in [5.41, 5.74) is 2.32. The summed E-state index contributed by atoms with van der Waals surface area (Å²) in [5.74, 6) is 0.611. The highest BCUT2D eigenvalue weighted by molar-refractivity contribution is 6.30. The fourth-order valence-electron chi connectivity index (χ4n) is 1.62. The summed E-state index contributed by atoms with van der Waals surface area (Å²) in [6.45, 7) is 6.34. The number of nitrogens with one attached hydrogen (secondary N) is 1. The lowest BCUT2D eigenvalue weighted by Crippen LogP contribution is -2.29. The van der Waals surface area contributed by atoms with Crippen LogP contribution in [0.1, 0.15) is 12.5 Å². The molecule has 1 heterocycles. The van der Waals surface area contributed by atoms with Gasteiger partial charge in [-0.15, -0.1) is 0 Å². The Hall–Kier alpha value is -1.74. The van der Waals surface area contributed by atoms with Gasteiger partial charge in [-0.05, 0) is 31.2 Å².